The van der Waals surface area contributed by atoms with Crippen LogP contribution in [0.15, 0.2) is 48.5 Å². The lowest BCUT2D eigenvalue weighted by Gasteiger charge is -2.41. The van der Waals surface area contributed by atoms with E-state index in [1.54, 1.807) is 0 Å². The molecule has 2 nitrogen and oxygen atoms in total. The van der Waals surface area contributed by atoms with Crippen molar-refractivity contribution in [2.75, 3.05) is 26.2 Å². The van der Waals surface area contributed by atoms with Gasteiger partial charge in [-0.15, -0.1) is 0 Å². The molecule has 0 aliphatic carbocycles. The lowest BCUT2D eigenvalue weighted by Crippen LogP contribution is -2.49. The highest BCUT2D eigenvalue weighted by Gasteiger charge is 2.27. The smallest absolute Gasteiger partial charge is 0.0602 e. The Labute approximate surface area is 155 Å². The highest BCUT2D eigenvalue weighted by molar-refractivity contribution is 6.30. The second-order valence-electron chi connectivity index (χ2n) is 6.67. The molecule has 0 unspecified atom stereocenters. The Kier molecular flexibility index (Phi) is 5.83. The number of nitrogens with zero attached hydrogens (tertiary/aromatic N) is 2. The molecule has 0 atom stereocenters. The van der Waals surface area contributed by atoms with Crippen molar-refractivity contribution in [1.82, 2.24) is 9.80 Å². The van der Waals surface area contributed by atoms with Gasteiger partial charge in [-0.1, -0.05) is 47.5 Å². The fraction of sp³-hybridized carbons (Fsp3) is 0.400. The Morgan fingerprint density at radius 3 is 1.42 bits per heavy atom. The second kappa shape index (κ2) is 7.88. The summed E-state index contributed by atoms with van der Waals surface area (Å²) in [7, 11) is 0. The van der Waals surface area contributed by atoms with Gasteiger partial charge in [-0.2, -0.15) is 0 Å². The summed E-state index contributed by atoms with van der Waals surface area (Å²) in [5.74, 6) is 0. The molecule has 0 N–H and O–H groups in total. The largest absolute Gasteiger partial charge is 0.298 e. The van der Waals surface area contributed by atoms with Crippen LogP contribution in [0, 0.1) is 0 Å². The third-order valence-corrected chi connectivity index (χ3v) is 5.32. The molecule has 3 rings (SSSR count). The molecule has 1 heterocycles. The zero-order valence-corrected chi connectivity index (χ0v) is 15.8. The molecule has 0 amide bonds. The lowest BCUT2D eigenvalue weighted by molar-refractivity contribution is 0.0893. The first-order valence-corrected chi connectivity index (χ1v) is 9.29. The highest BCUT2D eigenvalue weighted by atomic mass is 35.5. The van der Waals surface area contributed by atoms with Crippen LogP contribution in [-0.4, -0.2) is 42.0 Å². The minimum Gasteiger partial charge on any atom is -0.298 e. The van der Waals surface area contributed by atoms with Gasteiger partial charge in [-0.25, -0.2) is 0 Å². The number of halogens is 2. The van der Waals surface area contributed by atoms with Gasteiger partial charge in [0.25, 0.3) is 0 Å². The Morgan fingerprint density at radius 1 is 0.667 bits per heavy atom. The number of piperazine rings is 1. The van der Waals surface area contributed by atoms with E-state index in [9.17, 15) is 0 Å². The standard InChI is InChI=1S/C20H24Cl2N2/c1-15(2)23-11-13-24(14-12-23)20(16-3-7-18(21)8-4-16)17-5-9-19(22)10-6-17/h3-10,15,20H,11-14H2,1-2H3. The minimum absolute atomic E-state index is 0.244. The van der Waals surface area contributed by atoms with E-state index in [-0.39, 0.29) is 6.04 Å². The summed E-state index contributed by atoms with van der Waals surface area (Å²) in [5, 5.41) is 1.55. The third kappa shape index (κ3) is 4.12. The van der Waals surface area contributed by atoms with Crippen LogP contribution in [0.5, 0.6) is 0 Å². The van der Waals surface area contributed by atoms with E-state index in [1.165, 1.54) is 11.1 Å². The lowest BCUT2D eigenvalue weighted by atomic mass is 9.96. The fourth-order valence-corrected chi connectivity index (χ4v) is 3.67. The van der Waals surface area contributed by atoms with Gasteiger partial charge in [0.1, 0.15) is 0 Å². The SMILES string of the molecule is CC(C)N1CCN(C(c2ccc(Cl)cc2)c2ccc(Cl)cc2)CC1. The van der Waals surface area contributed by atoms with Crippen LogP contribution in [0.3, 0.4) is 0 Å². The van der Waals surface area contributed by atoms with Gasteiger partial charge < -0.3 is 0 Å². The summed E-state index contributed by atoms with van der Waals surface area (Å²) in [6.07, 6.45) is 0. The third-order valence-electron chi connectivity index (χ3n) is 4.82. The summed E-state index contributed by atoms with van der Waals surface area (Å²) in [4.78, 5) is 5.10. The quantitative estimate of drug-likeness (QED) is 0.745. The van der Waals surface area contributed by atoms with Crippen molar-refractivity contribution >= 4 is 23.2 Å². The Morgan fingerprint density at radius 2 is 1.04 bits per heavy atom. The average molecular weight is 363 g/mol. The van der Waals surface area contributed by atoms with E-state index < -0.39 is 0 Å². The van der Waals surface area contributed by atoms with Gasteiger partial charge >= 0.3 is 0 Å². The van der Waals surface area contributed by atoms with E-state index in [1.807, 2.05) is 24.3 Å². The molecule has 0 radical (unpaired) electrons. The summed E-state index contributed by atoms with van der Waals surface area (Å²) < 4.78 is 0. The van der Waals surface area contributed by atoms with Crippen LogP contribution in [0.25, 0.3) is 0 Å². The molecular weight excluding hydrogens is 339 g/mol. The zero-order valence-electron chi connectivity index (χ0n) is 14.3. The van der Waals surface area contributed by atoms with E-state index in [2.05, 4.69) is 47.9 Å². The molecular formula is C20H24Cl2N2. The Bertz CT molecular complexity index is 599. The first-order chi connectivity index (χ1) is 11.5. The maximum Gasteiger partial charge on any atom is 0.0602 e. The zero-order chi connectivity index (χ0) is 17.1. The van der Waals surface area contributed by atoms with Crippen LogP contribution in [0.4, 0.5) is 0 Å². The van der Waals surface area contributed by atoms with E-state index in [4.69, 9.17) is 23.2 Å². The monoisotopic (exact) mass is 362 g/mol. The van der Waals surface area contributed by atoms with Crippen LogP contribution in [-0.2, 0) is 0 Å². The van der Waals surface area contributed by atoms with Gasteiger partial charge in [0, 0.05) is 42.3 Å². The summed E-state index contributed by atoms with van der Waals surface area (Å²) >= 11 is 12.2. The number of hydrogen-bond donors (Lipinski definition) is 0. The van der Waals surface area contributed by atoms with Crippen molar-refractivity contribution < 1.29 is 0 Å². The molecule has 1 saturated heterocycles. The molecule has 4 heteroatoms. The molecule has 1 aliphatic rings. The van der Waals surface area contributed by atoms with Gasteiger partial charge in [0.15, 0.2) is 0 Å². The maximum absolute atomic E-state index is 6.09. The number of benzene rings is 2. The fourth-order valence-electron chi connectivity index (χ4n) is 3.42. The molecule has 1 aliphatic heterocycles. The number of rotatable bonds is 4. The van der Waals surface area contributed by atoms with Gasteiger partial charge in [-0.3, -0.25) is 9.80 Å². The van der Waals surface area contributed by atoms with Crippen molar-refractivity contribution in [1.29, 1.82) is 0 Å². The normalized spacial score (nSPS) is 16.9. The topological polar surface area (TPSA) is 6.48 Å². The predicted octanol–water partition coefficient (Wildman–Crippen LogP) is 5.11. The summed E-state index contributed by atoms with van der Waals surface area (Å²) in [6, 6.07) is 17.3. The number of hydrogen-bond acceptors (Lipinski definition) is 2. The van der Waals surface area contributed by atoms with Crippen molar-refractivity contribution in [2.24, 2.45) is 0 Å². The van der Waals surface area contributed by atoms with Crippen molar-refractivity contribution in [2.45, 2.75) is 25.9 Å². The average Bonchev–Trinajstić information content (AvgIpc) is 2.59. The van der Waals surface area contributed by atoms with Crippen LogP contribution in [0.2, 0.25) is 10.0 Å². The Hall–Kier alpha value is -1.06. The van der Waals surface area contributed by atoms with Crippen LogP contribution >= 0.6 is 23.2 Å². The van der Waals surface area contributed by atoms with Gasteiger partial charge in [-0.05, 0) is 49.2 Å². The highest BCUT2D eigenvalue weighted by Crippen LogP contribution is 2.31. The summed E-state index contributed by atoms with van der Waals surface area (Å²) in [5.41, 5.74) is 2.56. The van der Waals surface area contributed by atoms with Crippen LogP contribution in [0.1, 0.15) is 31.0 Å². The molecule has 2 aromatic rings. The van der Waals surface area contributed by atoms with Gasteiger partial charge in [0.2, 0.25) is 0 Å². The Balaban J connectivity index is 1.88. The molecule has 0 aromatic heterocycles. The van der Waals surface area contributed by atoms with Crippen molar-refractivity contribution in [3.8, 4) is 0 Å². The molecule has 0 saturated carbocycles. The van der Waals surface area contributed by atoms with E-state index in [0.29, 0.717) is 6.04 Å². The molecule has 24 heavy (non-hydrogen) atoms. The maximum atomic E-state index is 6.09. The molecule has 2 aromatic carbocycles. The molecule has 128 valence electrons. The predicted molar refractivity (Wildman–Crippen MR) is 103 cm³/mol. The van der Waals surface area contributed by atoms with Crippen molar-refractivity contribution in [3.63, 3.8) is 0 Å². The van der Waals surface area contributed by atoms with E-state index in [0.717, 1.165) is 36.2 Å². The van der Waals surface area contributed by atoms with Crippen LogP contribution < -0.4 is 0 Å². The first kappa shape index (κ1) is 17.8. The van der Waals surface area contributed by atoms with Crippen molar-refractivity contribution in [3.05, 3.63) is 69.7 Å². The molecule has 0 bridgehead atoms. The van der Waals surface area contributed by atoms with E-state index >= 15 is 0 Å². The minimum atomic E-state index is 0.244. The molecule has 0 spiro atoms. The second-order valence-corrected chi connectivity index (χ2v) is 7.54. The molecule has 1 fully saturated rings. The van der Waals surface area contributed by atoms with Gasteiger partial charge in [0.05, 0.1) is 6.04 Å². The first-order valence-electron chi connectivity index (χ1n) is 8.53. The summed E-state index contributed by atoms with van der Waals surface area (Å²) in [6.45, 7) is 8.88.